The molecule has 4 heteroatoms. The molecule has 0 amide bonds. The summed E-state index contributed by atoms with van der Waals surface area (Å²) in [5.41, 5.74) is 0. The molecule has 2 unspecified atom stereocenters. The minimum atomic E-state index is -0.0724. The highest BCUT2D eigenvalue weighted by Gasteiger charge is 2.28. The van der Waals surface area contributed by atoms with Crippen molar-refractivity contribution in [2.45, 2.75) is 31.9 Å². The van der Waals surface area contributed by atoms with E-state index < -0.39 is 0 Å². The van der Waals surface area contributed by atoms with Crippen LogP contribution in [0.15, 0.2) is 0 Å². The van der Waals surface area contributed by atoms with E-state index in [9.17, 15) is 4.79 Å². The highest BCUT2D eigenvalue weighted by molar-refractivity contribution is 5.85. The van der Waals surface area contributed by atoms with Gasteiger partial charge < -0.3 is 14.8 Å². The molecule has 0 aromatic heterocycles. The number of carbonyl (C=O) groups is 1. The molecule has 4 nitrogen and oxygen atoms in total. The number of hydrogen-bond acceptors (Lipinski definition) is 4. The van der Waals surface area contributed by atoms with E-state index in [4.69, 9.17) is 9.47 Å². The molecule has 1 aliphatic heterocycles. The summed E-state index contributed by atoms with van der Waals surface area (Å²) in [6.07, 6.45) is 1.90. The molecule has 0 aliphatic carbocycles. The van der Waals surface area contributed by atoms with Crippen molar-refractivity contribution >= 4 is 5.78 Å². The second kappa shape index (κ2) is 6.11. The Hall–Kier alpha value is -0.450. The molecule has 0 saturated carbocycles. The first-order valence-electron chi connectivity index (χ1n) is 5.14. The van der Waals surface area contributed by atoms with E-state index in [0.717, 1.165) is 19.4 Å². The van der Waals surface area contributed by atoms with E-state index >= 15 is 0 Å². The largest absolute Gasteiger partial charge is 0.380 e. The average Bonchev–Trinajstić information content (AvgIpc) is 2.66. The van der Waals surface area contributed by atoms with Crippen LogP contribution in [0.3, 0.4) is 0 Å². The van der Waals surface area contributed by atoms with Crippen molar-refractivity contribution < 1.29 is 14.3 Å². The molecule has 0 bridgehead atoms. The topological polar surface area (TPSA) is 47.6 Å². The maximum atomic E-state index is 11.5. The Morgan fingerprint density at radius 3 is 2.93 bits per heavy atom. The SMILES string of the molecule is CCCOCC(=O)C1CC(OC)CN1. The molecule has 1 fully saturated rings. The number of rotatable bonds is 6. The Balaban J connectivity index is 2.18. The van der Waals surface area contributed by atoms with Crippen LogP contribution in [-0.4, -0.2) is 44.8 Å². The lowest BCUT2D eigenvalue weighted by atomic mass is 10.1. The van der Waals surface area contributed by atoms with E-state index in [1.165, 1.54) is 0 Å². The van der Waals surface area contributed by atoms with Gasteiger partial charge in [0.05, 0.1) is 12.1 Å². The van der Waals surface area contributed by atoms with Gasteiger partial charge in [-0.15, -0.1) is 0 Å². The fraction of sp³-hybridized carbons (Fsp3) is 0.900. The Morgan fingerprint density at radius 2 is 2.36 bits per heavy atom. The van der Waals surface area contributed by atoms with Gasteiger partial charge in [0.25, 0.3) is 0 Å². The molecule has 82 valence electrons. The molecule has 1 aliphatic rings. The van der Waals surface area contributed by atoms with Crippen LogP contribution in [0, 0.1) is 0 Å². The lowest BCUT2D eigenvalue weighted by Gasteiger charge is -2.09. The molecule has 1 rings (SSSR count). The zero-order valence-corrected chi connectivity index (χ0v) is 8.91. The molecule has 14 heavy (non-hydrogen) atoms. The zero-order valence-electron chi connectivity index (χ0n) is 8.91. The van der Waals surface area contributed by atoms with Crippen LogP contribution in [0.5, 0.6) is 0 Å². The summed E-state index contributed by atoms with van der Waals surface area (Å²) in [5.74, 6) is 0.137. The highest BCUT2D eigenvalue weighted by atomic mass is 16.5. The van der Waals surface area contributed by atoms with Gasteiger partial charge in [-0.25, -0.2) is 0 Å². The number of hydrogen-bond donors (Lipinski definition) is 1. The van der Waals surface area contributed by atoms with E-state index in [2.05, 4.69) is 5.32 Å². The second-order valence-corrected chi connectivity index (χ2v) is 3.57. The van der Waals surface area contributed by atoms with E-state index in [-0.39, 0.29) is 24.5 Å². The molecular formula is C10H19NO3. The van der Waals surface area contributed by atoms with E-state index in [0.29, 0.717) is 6.61 Å². The quantitative estimate of drug-likeness (QED) is 0.630. The summed E-state index contributed by atoms with van der Waals surface area (Å²) in [6.45, 7) is 3.67. The Labute approximate surface area is 85.0 Å². The van der Waals surface area contributed by atoms with Gasteiger partial charge in [0.15, 0.2) is 5.78 Å². The summed E-state index contributed by atoms with van der Waals surface area (Å²) >= 11 is 0. The molecule has 1 saturated heterocycles. The second-order valence-electron chi connectivity index (χ2n) is 3.57. The fourth-order valence-electron chi connectivity index (χ4n) is 1.55. The monoisotopic (exact) mass is 201 g/mol. The normalized spacial score (nSPS) is 26.7. The zero-order chi connectivity index (χ0) is 10.4. The third-order valence-corrected chi connectivity index (χ3v) is 2.41. The average molecular weight is 201 g/mol. The number of nitrogens with one attached hydrogen (secondary N) is 1. The Kier molecular flexibility index (Phi) is 5.07. The highest BCUT2D eigenvalue weighted by Crippen LogP contribution is 2.10. The van der Waals surface area contributed by atoms with Crippen molar-refractivity contribution in [3.63, 3.8) is 0 Å². The minimum Gasteiger partial charge on any atom is -0.380 e. The predicted octanol–water partition coefficient (Wildman–Crippen LogP) is 0.359. The minimum absolute atomic E-state index is 0.0724. The van der Waals surface area contributed by atoms with Crippen LogP contribution >= 0.6 is 0 Å². The number of carbonyl (C=O) groups excluding carboxylic acids is 1. The van der Waals surface area contributed by atoms with Gasteiger partial charge in [-0.2, -0.15) is 0 Å². The Bertz CT molecular complexity index is 184. The third kappa shape index (κ3) is 3.36. The molecule has 0 aromatic carbocycles. The fourth-order valence-corrected chi connectivity index (χ4v) is 1.55. The van der Waals surface area contributed by atoms with E-state index in [1.807, 2.05) is 6.92 Å². The van der Waals surface area contributed by atoms with Crippen LogP contribution in [0.4, 0.5) is 0 Å². The van der Waals surface area contributed by atoms with Crippen LogP contribution in [0.25, 0.3) is 0 Å². The predicted molar refractivity (Wildman–Crippen MR) is 53.3 cm³/mol. The number of ether oxygens (including phenoxy) is 2. The summed E-state index contributed by atoms with van der Waals surface area (Å²) in [6, 6.07) is -0.0724. The maximum Gasteiger partial charge on any atom is 0.175 e. The van der Waals surface area contributed by atoms with Crippen LogP contribution < -0.4 is 5.32 Å². The van der Waals surface area contributed by atoms with Gasteiger partial charge in [0, 0.05) is 20.3 Å². The summed E-state index contributed by atoms with van der Waals surface area (Å²) in [5, 5.41) is 3.13. The van der Waals surface area contributed by atoms with Crippen LogP contribution in [0.1, 0.15) is 19.8 Å². The smallest absolute Gasteiger partial charge is 0.175 e. The molecule has 0 aromatic rings. The first kappa shape index (κ1) is 11.6. The molecule has 1 heterocycles. The first-order valence-corrected chi connectivity index (χ1v) is 5.14. The van der Waals surface area contributed by atoms with Gasteiger partial charge in [0.2, 0.25) is 0 Å². The number of methoxy groups -OCH3 is 1. The van der Waals surface area contributed by atoms with Gasteiger partial charge >= 0.3 is 0 Å². The summed E-state index contributed by atoms with van der Waals surface area (Å²) in [4.78, 5) is 11.5. The van der Waals surface area contributed by atoms with Gasteiger partial charge in [-0.1, -0.05) is 6.92 Å². The number of ketones is 1. The van der Waals surface area contributed by atoms with Crippen molar-refractivity contribution in [3.8, 4) is 0 Å². The van der Waals surface area contributed by atoms with Crippen LogP contribution in [0.2, 0.25) is 0 Å². The standard InChI is InChI=1S/C10H19NO3/c1-3-4-14-7-10(12)9-5-8(13-2)6-11-9/h8-9,11H,3-7H2,1-2H3. The van der Waals surface area contributed by atoms with Crippen molar-refractivity contribution in [2.75, 3.05) is 26.9 Å². The molecule has 2 atom stereocenters. The van der Waals surface area contributed by atoms with Gasteiger partial charge in [0.1, 0.15) is 6.61 Å². The van der Waals surface area contributed by atoms with Crippen molar-refractivity contribution in [1.82, 2.24) is 5.32 Å². The molecule has 0 spiro atoms. The van der Waals surface area contributed by atoms with Gasteiger partial charge in [-0.3, -0.25) is 4.79 Å². The molecular weight excluding hydrogens is 182 g/mol. The van der Waals surface area contributed by atoms with Gasteiger partial charge in [-0.05, 0) is 12.8 Å². The lowest BCUT2D eigenvalue weighted by Crippen LogP contribution is -2.33. The lowest BCUT2D eigenvalue weighted by molar-refractivity contribution is -0.125. The number of Topliss-reactive ketones (excluding diaryl/α,β-unsaturated/α-hetero) is 1. The third-order valence-electron chi connectivity index (χ3n) is 2.41. The van der Waals surface area contributed by atoms with Crippen molar-refractivity contribution in [2.24, 2.45) is 0 Å². The van der Waals surface area contributed by atoms with Crippen molar-refractivity contribution in [1.29, 1.82) is 0 Å². The van der Waals surface area contributed by atoms with Crippen LogP contribution in [-0.2, 0) is 14.3 Å². The molecule has 1 N–H and O–H groups in total. The first-order chi connectivity index (χ1) is 6.77. The summed E-state index contributed by atoms with van der Waals surface area (Å²) < 4.78 is 10.4. The van der Waals surface area contributed by atoms with Crippen molar-refractivity contribution in [3.05, 3.63) is 0 Å². The Morgan fingerprint density at radius 1 is 1.57 bits per heavy atom. The maximum absolute atomic E-state index is 11.5. The molecule has 0 radical (unpaired) electrons. The summed E-state index contributed by atoms with van der Waals surface area (Å²) in [7, 11) is 1.67. The van der Waals surface area contributed by atoms with E-state index in [1.54, 1.807) is 7.11 Å².